The third-order valence-electron chi connectivity index (χ3n) is 2.11. The fourth-order valence-electron chi connectivity index (χ4n) is 1.52. The molecule has 12 heavy (non-hydrogen) atoms. The normalized spacial score (nSPS) is 13.8. The minimum absolute atomic E-state index is 0.829. The van der Waals surface area contributed by atoms with Crippen molar-refractivity contribution in [2.45, 2.75) is 6.42 Å². The SMILES string of the molecule is COc1ccc(Cl)c2c1NCC2. The van der Waals surface area contributed by atoms with Crippen LogP contribution >= 0.6 is 11.6 Å². The van der Waals surface area contributed by atoms with Gasteiger partial charge in [-0.25, -0.2) is 0 Å². The number of ether oxygens (including phenoxy) is 1. The molecule has 0 amide bonds. The summed E-state index contributed by atoms with van der Waals surface area (Å²) in [4.78, 5) is 0. The Labute approximate surface area is 76.5 Å². The van der Waals surface area contributed by atoms with Crippen molar-refractivity contribution in [2.75, 3.05) is 19.0 Å². The first-order valence-corrected chi connectivity index (χ1v) is 4.30. The molecular weight excluding hydrogens is 174 g/mol. The van der Waals surface area contributed by atoms with Gasteiger partial charge >= 0.3 is 0 Å². The first kappa shape index (κ1) is 7.74. The van der Waals surface area contributed by atoms with Crippen molar-refractivity contribution in [1.82, 2.24) is 0 Å². The number of methoxy groups -OCH3 is 1. The Morgan fingerprint density at radius 1 is 1.50 bits per heavy atom. The van der Waals surface area contributed by atoms with Crippen molar-refractivity contribution in [3.63, 3.8) is 0 Å². The molecule has 0 saturated carbocycles. The summed E-state index contributed by atoms with van der Waals surface area (Å²) in [5, 5.41) is 4.08. The Balaban J connectivity index is 2.57. The van der Waals surface area contributed by atoms with Gasteiger partial charge in [-0.05, 0) is 24.1 Å². The van der Waals surface area contributed by atoms with Crippen LogP contribution in [-0.4, -0.2) is 13.7 Å². The molecule has 64 valence electrons. The van der Waals surface area contributed by atoms with Gasteiger partial charge in [-0.2, -0.15) is 0 Å². The molecule has 1 aliphatic rings. The molecule has 3 heteroatoms. The van der Waals surface area contributed by atoms with E-state index in [-0.39, 0.29) is 0 Å². The van der Waals surface area contributed by atoms with E-state index >= 15 is 0 Å². The highest BCUT2D eigenvalue weighted by Crippen LogP contribution is 2.36. The summed E-state index contributed by atoms with van der Waals surface area (Å²) in [6, 6.07) is 3.77. The van der Waals surface area contributed by atoms with Gasteiger partial charge in [0.25, 0.3) is 0 Å². The van der Waals surface area contributed by atoms with Crippen LogP contribution in [0.15, 0.2) is 12.1 Å². The second-order valence-corrected chi connectivity index (χ2v) is 3.19. The van der Waals surface area contributed by atoms with E-state index in [9.17, 15) is 0 Å². The van der Waals surface area contributed by atoms with Crippen LogP contribution in [0.1, 0.15) is 5.56 Å². The highest BCUT2D eigenvalue weighted by molar-refractivity contribution is 6.32. The monoisotopic (exact) mass is 183 g/mol. The largest absolute Gasteiger partial charge is 0.495 e. The summed E-state index contributed by atoms with van der Waals surface area (Å²) < 4.78 is 5.19. The lowest BCUT2D eigenvalue weighted by atomic mass is 10.1. The third-order valence-corrected chi connectivity index (χ3v) is 2.47. The number of fused-ring (bicyclic) bond motifs is 1. The van der Waals surface area contributed by atoms with Gasteiger partial charge in [0.2, 0.25) is 0 Å². The summed E-state index contributed by atoms with van der Waals surface area (Å²) in [5.41, 5.74) is 2.24. The van der Waals surface area contributed by atoms with E-state index in [2.05, 4.69) is 5.32 Å². The van der Waals surface area contributed by atoms with Gasteiger partial charge in [0.15, 0.2) is 0 Å². The van der Waals surface area contributed by atoms with E-state index in [1.54, 1.807) is 7.11 Å². The van der Waals surface area contributed by atoms with Gasteiger partial charge in [-0.1, -0.05) is 11.6 Å². The Morgan fingerprint density at radius 3 is 3.08 bits per heavy atom. The van der Waals surface area contributed by atoms with E-state index in [1.807, 2.05) is 12.1 Å². The van der Waals surface area contributed by atoms with Crippen LogP contribution in [0, 0.1) is 0 Å². The third kappa shape index (κ3) is 1.03. The lowest BCUT2D eigenvalue weighted by molar-refractivity contribution is 0.416. The Kier molecular flexibility index (Phi) is 1.85. The van der Waals surface area contributed by atoms with Crippen molar-refractivity contribution < 1.29 is 4.74 Å². The fourth-order valence-corrected chi connectivity index (χ4v) is 1.77. The van der Waals surface area contributed by atoms with Gasteiger partial charge in [0.1, 0.15) is 5.75 Å². The molecular formula is C9H10ClNO. The molecule has 0 spiro atoms. The number of rotatable bonds is 1. The minimum atomic E-state index is 0.829. The van der Waals surface area contributed by atoms with E-state index < -0.39 is 0 Å². The predicted molar refractivity (Wildman–Crippen MR) is 50.2 cm³/mol. The lowest BCUT2D eigenvalue weighted by Gasteiger charge is -2.07. The molecule has 0 fully saturated rings. The molecule has 1 aromatic rings. The van der Waals surface area contributed by atoms with Crippen LogP contribution < -0.4 is 10.1 Å². The number of anilines is 1. The molecule has 0 aliphatic carbocycles. The summed E-state index contributed by atoms with van der Waals surface area (Å²) in [6.45, 7) is 0.954. The molecule has 2 rings (SSSR count). The van der Waals surface area contributed by atoms with Crippen molar-refractivity contribution in [1.29, 1.82) is 0 Å². The molecule has 0 atom stereocenters. The first-order valence-electron chi connectivity index (χ1n) is 3.92. The number of nitrogens with one attached hydrogen (secondary N) is 1. The zero-order valence-corrected chi connectivity index (χ0v) is 7.61. The molecule has 0 unspecified atom stereocenters. The highest BCUT2D eigenvalue weighted by atomic mass is 35.5. The maximum Gasteiger partial charge on any atom is 0.142 e. The van der Waals surface area contributed by atoms with Crippen molar-refractivity contribution in [3.05, 3.63) is 22.7 Å². The van der Waals surface area contributed by atoms with Crippen LogP contribution in [0.5, 0.6) is 5.75 Å². The van der Waals surface area contributed by atoms with E-state index in [0.717, 1.165) is 29.4 Å². The second kappa shape index (κ2) is 2.87. The minimum Gasteiger partial charge on any atom is -0.495 e. The number of halogens is 1. The van der Waals surface area contributed by atoms with Crippen LogP contribution in [-0.2, 0) is 6.42 Å². The van der Waals surface area contributed by atoms with Crippen LogP contribution in [0.25, 0.3) is 0 Å². The van der Waals surface area contributed by atoms with Crippen LogP contribution in [0.3, 0.4) is 0 Å². The standard InChI is InChI=1S/C9H10ClNO/c1-12-8-3-2-7(10)6-4-5-11-9(6)8/h2-3,11H,4-5H2,1H3. The quantitative estimate of drug-likeness (QED) is 0.722. The first-order chi connectivity index (χ1) is 5.83. The molecule has 2 nitrogen and oxygen atoms in total. The Morgan fingerprint density at radius 2 is 2.33 bits per heavy atom. The highest BCUT2D eigenvalue weighted by Gasteiger charge is 2.17. The molecule has 1 N–H and O–H groups in total. The maximum atomic E-state index is 6.00. The van der Waals surface area contributed by atoms with E-state index in [4.69, 9.17) is 16.3 Å². The van der Waals surface area contributed by atoms with Crippen molar-refractivity contribution >= 4 is 17.3 Å². The lowest BCUT2D eigenvalue weighted by Crippen LogP contribution is -1.93. The zero-order valence-electron chi connectivity index (χ0n) is 6.86. The predicted octanol–water partition coefficient (Wildman–Crippen LogP) is 2.32. The second-order valence-electron chi connectivity index (χ2n) is 2.78. The molecule has 0 radical (unpaired) electrons. The molecule has 1 heterocycles. The number of hydrogen-bond acceptors (Lipinski definition) is 2. The van der Waals surface area contributed by atoms with E-state index in [0.29, 0.717) is 0 Å². The van der Waals surface area contributed by atoms with Crippen LogP contribution in [0.2, 0.25) is 5.02 Å². The number of hydrogen-bond donors (Lipinski definition) is 1. The Bertz CT molecular complexity index is 312. The number of benzene rings is 1. The molecule has 1 aliphatic heterocycles. The van der Waals surface area contributed by atoms with Gasteiger partial charge in [0, 0.05) is 11.6 Å². The summed E-state index contributed by atoms with van der Waals surface area (Å²) in [5.74, 6) is 0.881. The smallest absolute Gasteiger partial charge is 0.142 e. The van der Waals surface area contributed by atoms with Crippen LogP contribution in [0.4, 0.5) is 5.69 Å². The van der Waals surface area contributed by atoms with Gasteiger partial charge in [-0.3, -0.25) is 0 Å². The fraction of sp³-hybridized carbons (Fsp3) is 0.333. The molecule has 0 saturated heterocycles. The van der Waals surface area contributed by atoms with E-state index in [1.165, 1.54) is 5.56 Å². The average Bonchev–Trinajstić information content (AvgIpc) is 2.54. The topological polar surface area (TPSA) is 21.3 Å². The zero-order chi connectivity index (χ0) is 8.55. The molecule has 0 aromatic heterocycles. The average molecular weight is 184 g/mol. The van der Waals surface area contributed by atoms with Crippen molar-refractivity contribution in [2.24, 2.45) is 0 Å². The maximum absolute atomic E-state index is 6.00. The van der Waals surface area contributed by atoms with Gasteiger partial charge in [0.05, 0.1) is 12.8 Å². The Hall–Kier alpha value is -0.890. The van der Waals surface area contributed by atoms with Crippen molar-refractivity contribution in [3.8, 4) is 5.75 Å². The summed E-state index contributed by atoms with van der Waals surface area (Å²) >= 11 is 6.00. The summed E-state index contributed by atoms with van der Waals surface area (Å²) in [7, 11) is 1.67. The summed E-state index contributed by atoms with van der Waals surface area (Å²) in [6.07, 6.45) is 0.991. The molecule has 0 bridgehead atoms. The van der Waals surface area contributed by atoms with Gasteiger partial charge < -0.3 is 10.1 Å². The molecule has 1 aromatic carbocycles. The van der Waals surface area contributed by atoms with Gasteiger partial charge in [-0.15, -0.1) is 0 Å².